The van der Waals surface area contributed by atoms with Gasteiger partial charge in [0.05, 0.1) is 6.61 Å². The average molecular weight is 150 g/mol. The van der Waals surface area contributed by atoms with Crippen LogP contribution in [0.2, 0.25) is 0 Å². The lowest BCUT2D eigenvalue weighted by molar-refractivity contribution is 0.236. The summed E-state index contributed by atoms with van der Waals surface area (Å²) < 4.78 is 0. The molecule has 1 aliphatic carbocycles. The minimum Gasteiger partial charge on any atom is -0.394 e. The van der Waals surface area contributed by atoms with Crippen molar-refractivity contribution in [2.75, 3.05) is 13.2 Å². The van der Waals surface area contributed by atoms with Gasteiger partial charge >= 0.3 is 0 Å². The van der Waals surface area contributed by atoms with Gasteiger partial charge in [-0.1, -0.05) is 0 Å². The molecule has 2 rings (SSSR count). The van der Waals surface area contributed by atoms with Crippen LogP contribution in [-0.2, 0) is 0 Å². The maximum atomic E-state index is 8.80. The topological polar surface area (TPSA) is 32.3 Å². The minimum atomic E-state index is 0. The summed E-state index contributed by atoms with van der Waals surface area (Å²) in [7, 11) is 0. The Morgan fingerprint density at radius 1 is 1.67 bits per heavy atom. The van der Waals surface area contributed by atoms with E-state index in [1.54, 1.807) is 0 Å². The van der Waals surface area contributed by atoms with Crippen LogP contribution >= 0.6 is 12.4 Å². The van der Waals surface area contributed by atoms with Crippen molar-refractivity contribution < 1.29 is 5.11 Å². The van der Waals surface area contributed by atoms with Crippen LogP contribution in [0.3, 0.4) is 0 Å². The predicted octanol–water partition coefficient (Wildman–Crippen LogP) is 0.152. The number of hydrogen-bond donors (Lipinski definition) is 2. The van der Waals surface area contributed by atoms with Gasteiger partial charge in [-0.05, 0) is 25.3 Å². The van der Waals surface area contributed by atoms with Crippen LogP contribution in [0.25, 0.3) is 0 Å². The molecule has 2 fully saturated rings. The molecule has 2 N–H and O–H groups in total. The van der Waals surface area contributed by atoms with E-state index < -0.39 is 0 Å². The van der Waals surface area contributed by atoms with Crippen molar-refractivity contribution >= 4 is 12.4 Å². The second-order valence-corrected chi connectivity index (χ2v) is 2.93. The van der Waals surface area contributed by atoms with Gasteiger partial charge in [-0.15, -0.1) is 12.4 Å². The second-order valence-electron chi connectivity index (χ2n) is 2.93. The maximum absolute atomic E-state index is 8.80. The summed E-state index contributed by atoms with van der Waals surface area (Å²) in [6, 6.07) is 0. The Kier molecular flexibility index (Phi) is 1.72. The Morgan fingerprint density at radius 3 is 2.67 bits per heavy atom. The smallest absolute Gasteiger partial charge is 0.0616 e. The quantitative estimate of drug-likeness (QED) is 0.557. The molecule has 1 saturated heterocycles. The zero-order valence-corrected chi connectivity index (χ0v) is 6.08. The summed E-state index contributed by atoms with van der Waals surface area (Å²) in [5.41, 5.74) is 0.208. The Hall–Kier alpha value is 0.210. The van der Waals surface area contributed by atoms with Crippen molar-refractivity contribution in [3.8, 4) is 0 Å². The lowest BCUT2D eigenvalue weighted by atomic mass is 10.2. The first-order valence-electron chi connectivity index (χ1n) is 3.23. The zero-order valence-electron chi connectivity index (χ0n) is 5.26. The first-order chi connectivity index (χ1) is 3.87. The van der Waals surface area contributed by atoms with E-state index >= 15 is 0 Å². The summed E-state index contributed by atoms with van der Waals surface area (Å²) in [5, 5.41) is 12.1. The maximum Gasteiger partial charge on any atom is 0.0616 e. The molecule has 2 aliphatic rings. The van der Waals surface area contributed by atoms with Gasteiger partial charge in [0.2, 0.25) is 0 Å². The van der Waals surface area contributed by atoms with Crippen LogP contribution in [-0.4, -0.2) is 23.8 Å². The van der Waals surface area contributed by atoms with Crippen LogP contribution in [0.1, 0.15) is 12.8 Å². The third kappa shape index (κ3) is 0.858. The predicted molar refractivity (Wildman–Crippen MR) is 37.8 cm³/mol. The molecule has 0 aromatic heterocycles. The number of fused-ring (bicyclic) bond motifs is 1. The van der Waals surface area contributed by atoms with E-state index in [9.17, 15) is 0 Å². The van der Waals surface area contributed by atoms with Gasteiger partial charge in [0.25, 0.3) is 0 Å². The molecule has 0 aromatic carbocycles. The highest BCUT2D eigenvalue weighted by molar-refractivity contribution is 5.85. The monoisotopic (exact) mass is 149 g/mol. The number of piperidine rings is 1. The first kappa shape index (κ1) is 7.32. The zero-order chi connectivity index (χ0) is 5.61. The third-order valence-electron chi connectivity index (χ3n) is 2.48. The normalized spacial score (nSPS) is 45.7. The van der Waals surface area contributed by atoms with Crippen LogP contribution < -0.4 is 5.32 Å². The Morgan fingerprint density at radius 2 is 2.44 bits per heavy atom. The van der Waals surface area contributed by atoms with Crippen molar-refractivity contribution in [3.05, 3.63) is 0 Å². The molecule has 0 unspecified atom stereocenters. The van der Waals surface area contributed by atoms with Crippen molar-refractivity contribution in [3.63, 3.8) is 0 Å². The molecule has 0 aromatic rings. The van der Waals surface area contributed by atoms with E-state index in [0.717, 1.165) is 12.5 Å². The molecule has 1 aliphatic heterocycles. The van der Waals surface area contributed by atoms with E-state index in [4.69, 9.17) is 5.11 Å². The van der Waals surface area contributed by atoms with Gasteiger partial charge in [0, 0.05) is 5.54 Å². The Balaban J connectivity index is 0.000000405. The van der Waals surface area contributed by atoms with Crippen LogP contribution in [0.15, 0.2) is 0 Å². The van der Waals surface area contributed by atoms with Gasteiger partial charge < -0.3 is 10.4 Å². The lowest BCUT2D eigenvalue weighted by Gasteiger charge is -2.06. The van der Waals surface area contributed by atoms with Gasteiger partial charge in [-0.2, -0.15) is 0 Å². The van der Waals surface area contributed by atoms with Gasteiger partial charge in [-0.25, -0.2) is 0 Å². The second kappa shape index (κ2) is 2.11. The summed E-state index contributed by atoms with van der Waals surface area (Å²) in [6.07, 6.45) is 2.49. The fourth-order valence-electron chi connectivity index (χ4n) is 1.72. The summed E-state index contributed by atoms with van der Waals surface area (Å²) in [6.45, 7) is 1.46. The van der Waals surface area contributed by atoms with E-state index in [-0.39, 0.29) is 17.9 Å². The number of aliphatic hydroxyl groups is 1. The molecule has 2 nitrogen and oxygen atoms in total. The highest BCUT2D eigenvalue weighted by atomic mass is 35.5. The Labute approximate surface area is 61.0 Å². The fourth-order valence-corrected chi connectivity index (χ4v) is 1.72. The Bertz CT molecular complexity index is 116. The van der Waals surface area contributed by atoms with Crippen molar-refractivity contribution in [1.29, 1.82) is 0 Å². The van der Waals surface area contributed by atoms with Gasteiger partial charge in [-0.3, -0.25) is 0 Å². The average Bonchev–Trinajstić information content (AvgIpc) is 2.38. The molecule has 0 radical (unpaired) electrons. The molecule has 1 heterocycles. The van der Waals surface area contributed by atoms with Crippen LogP contribution in [0.5, 0.6) is 0 Å². The van der Waals surface area contributed by atoms with Crippen LogP contribution in [0.4, 0.5) is 0 Å². The number of halogens is 1. The van der Waals surface area contributed by atoms with E-state index in [1.807, 2.05) is 0 Å². The minimum absolute atomic E-state index is 0. The number of rotatable bonds is 1. The van der Waals surface area contributed by atoms with Crippen molar-refractivity contribution in [2.45, 2.75) is 18.4 Å². The van der Waals surface area contributed by atoms with E-state index in [0.29, 0.717) is 6.61 Å². The molecular weight excluding hydrogens is 138 g/mol. The molecule has 0 spiro atoms. The summed E-state index contributed by atoms with van der Waals surface area (Å²) in [4.78, 5) is 0. The van der Waals surface area contributed by atoms with Crippen molar-refractivity contribution in [1.82, 2.24) is 5.32 Å². The summed E-state index contributed by atoms with van der Waals surface area (Å²) >= 11 is 0. The SMILES string of the molecule is Cl.OC[C@]12C[C@H]1CCN2. The molecule has 0 bridgehead atoms. The lowest BCUT2D eigenvalue weighted by Crippen LogP contribution is -2.31. The van der Waals surface area contributed by atoms with E-state index in [2.05, 4.69) is 5.32 Å². The molecule has 2 atom stereocenters. The van der Waals surface area contributed by atoms with Gasteiger partial charge in [0.15, 0.2) is 0 Å². The third-order valence-corrected chi connectivity index (χ3v) is 2.48. The molecule has 1 saturated carbocycles. The van der Waals surface area contributed by atoms with Crippen molar-refractivity contribution in [2.24, 2.45) is 5.92 Å². The number of hydrogen-bond acceptors (Lipinski definition) is 2. The highest BCUT2D eigenvalue weighted by Crippen LogP contribution is 2.48. The largest absolute Gasteiger partial charge is 0.394 e. The summed E-state index contributed by atoms with van der Waals surface area (Å²) in [5.74, 6) is 0.812. The molecule has 3 heteroatoms. The molecule has 0 amide bonds. The van der Waals surface area contributed by atoms with Crippen LogP contribution in [0, 0.1) is 5.92 Å². The highest BCUT2D eigenvalue weighted by Gasteiger charge is 2.56. The molecule has 9 heavy (non-hydrogen) atoms. The standard InChI is InChI=1S/C6H11NO.ClH/c8-4-6-3-5(6)1-2-7-6;/h5,7-8H,1-4H2;1H/t5-,6-;/m1./s1. The number of nitrogens with one attached hydrogen (secondary N) is 1. The fraction of sp³-hybridized carbons (Fsp3) is 1.00. The molecular formula is C6H12ClNO. The first-order valence-corrected chi connectivity index (χ1v) is 3.23. The molecule has 54 valence electrons. The van der Waals surface area contributed by atoms with E-state index in [1.165, 1.54) is 12.8 Å². The number of aliphatic hydroxyl groups excluding tert-OH is 1. The van der Waals surface area contributed by atoms with Gasteiger partial charge in [0.1, 0.15) is 0 Å².